The molecular formula is C15H21ClN2O3. The van der Waals surface area contributed by atoms with Crippen LogP contribution in [0.15, 0.2) is 18.3 Å². The largest absolute Gasteiger partial charge is 0.474 e. The molecule has 1 aliphatic rings. The standard InChI is InChI=1S/C15H21ClN2O3/c1-2-20-10-14(19)18-12-4-6-13(7-5-12)21-15-8-3-11(16)9-17-15/h3,8-9,12-13H,2,4-7,10H2,1H3,(H,18,19). The van der Waals surface area contributed by atoms with E-state index in [0.717, 1.165) is 25.7 Å². The lowest BCUT2D eigenvalue weighted by atomic mass is 9.93. The van der Waals surface area contributed by atoms with Crippen LogP contribution in [0.2, 0.25) is 5.02 Å². The number of carbonyl (C=O) groups excluding carboxylic acids is 1. The molecule has 0 atom stereocenters. The Morgan fingerprint density at radius 1 is 1.38 bits per heavy atom. The fourth-order valence-electron chi connectivity index (χ4n) is 2.39. The van der Waals surface area contributed by atoms with E-state index in [4.69, 9.17) is 21.1 Å². The number of amides is 1. The topological polar surface area (TPSA) is 60.5 Å². The van der Waals surface area contributed by atoms with Gasteiger partial charge in [-0.3, -0.25) is 4.79 Å². The number of ether oxygens (including phenoxy) is 2. The Balaban J connectivity index is 1.70. The van der Waals surface area contributed by atoms with E-state index in [2.05, 4.69) is 10.3 Å². The van der Waals surface area contributed by atoms with Crippen molar-refractivity contribution in [3.8, 4) is 5.88 Å². The van der Waals surface area contributed by atoms with Crippen molar-refractivity contribution in [2.24, 2.45) is 0 Å². The molecule has 0 bridgehead atoms. The van der Waals surface area contributed by atoms with E-state index in [1.807, 2.05) is 6.92 Å². The van der Waals surface area contributed by atoms with Crippen LogP contribution < -0.4 is 10.1 Å². The average molecular weight is 313 g/mol. The van der Waals surface area contributed by atoms with Crippen LogP contribution in [0.1, 0.15) is 32.6 Å². The number of hydrogen-bond donors (Lipinski definition) is 1. The monoisotopic (exact) mass is 312 g/mol. The minimum atomic E-state index is -0.0411. The number of rotatable bonds is 6. The molecular weight excluding hydrogens is 292 g/mol. The first-order chi connectivity index (χ1) is 10.2. The summed E-state index contributed by atoms with van der Waals surface area (Å²) >= 11 is 5.79. The van der Waals surface area contributed by atoms with Crippen molar-refractivity contribution in [2.45, 2.75) is 44.8 Å². The number of aromatic nitrogens is 1. The molecule has 1 aromatic rings. The van der Waals surface area contributed by atoms with Crippen LogP contribution in [0, 0.1) is 0 Å². The van der Waals surface area contributed by atoms with Crippen molar-refractivity contribution in [1.82, 2.24) is 10.3 Å². The molecule has 1 saturated carbocycles. The second-order valence-electron chi connectivity index (χ2n) is 5.11. The Labute approximate surface area is 130 Å². The van der Waals surface area contributed by atoms with Crippen molar-refractivity contribution in [1.29, 1.82) is 0 Å². The molecule has 0 unspecified atom stereocenters. The first-order valence-corrected chi connectivity index (χ1v) is 7.70. The molecule has 1 aliphatic carbocycles. The Morgan fingerprint density at radius 2 is 2.14 bits per heavy atom. The van der Waals surface area contributed by atoms with Gasteiger partial charge in [-0.05, 0) is 38.7 Å². The van der Waals surface area contributed by atoms with E-state index in [9.17, 15) is 4.79 Å². The highest BCUT2D eigenvalue weighted by atomic mass is 35.5. The van der Waals surface area contributed by atoms with Crippen LogP contribution in [-0.2, 0) is 9.53 Å². The van der Waals surface area contributed by atoms with Gasteiger partial charge >= 0.3 is 0 Å². The summed E-state index contributed by atoms with van der Waals surface area (Å²) in [6, 6.07) is 3.76. The lowest BCUT2D eigenvalue weighted by Crippen LogP contribution is -2.41. The molecule has 6 heteroatoms. The van der Waals surface area contributed by atoms with Gasteiger partial charge in [0.2, 0.25) is 11.8 Å². The molecule has 21 heavy (non-hydrogen) atoms. The second kappa shape index (κ2) is 8.20. The van der Waals surface area contributed by atoms with Crippen LogP contribution in [0.4, 0.5) is 0 Å². The maximum atomic E-state index is 11.6. The zero-order valence-corrected chi connectivity index (χ0v) is 12.9. The third kappa shape index (κ3) is 5.52. The Morgan fingerprint density at radius 3 is 2.76 bits per heavy atom. The molecule has 0 aliphatic heterocycles. The molecule has 1 aromatic heterocycles. The van der Waals surface area contributed by atoms with Gasteiger partial charge in [0.25, 0.3) is 0 Å². The maximum Gasteiger partial charge on any atom is 0.246 e. The highest BCUT2D eigenvalue weighted by Gasteiger charge is 2.23. The van der Waals surface area contributed by atoms with Crippen molar-refractivity contribution >= 4 is 17.5 Å². The van der Waals surface area contributed by atoms with Crippen molar-refractivity contribution in [3.63, 3.8) is 0 Å². The normalized spacial score (nSPS) is 21.8. The molecule has 1 amide bonds. The van der Waals surface area contributed by atoms with Gasteiger partial charge in [0, 0.05) is 24.9 Å². The summed E-state index contributed by atoms with van der Waals surface area (Å²) in [5.41, 5.74) is 0. The minimum absolute atomic E-state index is 0.0411. The molecule has 1 N–H and O–H groups in total. The quantitative estimate of drug-likeness (QED) is 0.877. The summed E-state index contributed by atoms with van der Waals surface area (Å²) in [6.07, 6.45) is 5.37. The molecule has 0 aromatic carbocycles. The first kappa shape index (κ1) is 16.0. The van der Waals surface area contributed by atoms with Gasteiger partial charge in [-0.1, -0.05) is 11.6 Å². The number of hydrogen-bond acceptors (Lipinski definition) is 4. The number of pyridine rings is 1. The van der Waals surface area contributed by atoms with Gasteiger partial charge in [-0.25, -0.2) is 4.98 Å². The average Bonchev–Trinajstić information content (AvgIpc) is 2.49. The fourth-order valence-corrected chi connectivity index (χ4v) is 2.50. The van der Waals surface area contributed by atoms with E-state index >= 15 is 0 Å². The number of nitrogens with zero attached hydrogens (tertiary/aromatic N) is 1. The summed E-state index contributed by atoms with van der Waals surface area (Å²) in [5.74, 6) is 0.559. The highest BCUT2D eigenvalue weighted by Crippen LogP contribution is 2.23. The third-order valence-corrected chi connectivity index (χ3v) is 3.69. The fraction of sp³-hybridized carbons (Fsp3) is 0.600. The molecule has 0 spiro atoms. The van der Waals surface area contributed by atoms with E-state index in [0.29, 0.717) is 17.5 Å². The predicted molar refractivity (Wildman–Crippen MR) is 80.6 cm³/mol. The Kier molecular flexibility index (Phi) is 6.26. The third-order valence-electron chi connectivity index (χ3n) is 3.46. The maximum absolute atomic E-state index is 11.6. The van der Waals surface area contributed by atoms with Crippen molar-refractivity contribution in [3.05, 3.63) is 23.4 Å². The summed E-state index contributed by atoms with van der Waals surface area (Å²) in [7, 11) is 0. The number of carbonyl (C=O) groups is 1. The number of nitrogens with one attached hydrogen (secondary N) is 1. The van der Waals surface area contributed by atoms with Gasteiger partial charge in [-0.15, -0.1) is 0 Å². The summed E-state index contributed by atoms with van der Waals surface area (Å²) in [6.45, 7) is 2.57. The zero-order chi connectivity index (χ0) is 15.1. The van der Waals surface area contributed by atoms with Gasteiger partial charge in [-0.2, -0.15) is 0 Å². The Hall–Kier alpha value is -1.33. The molecule has 5 nitrogen and oxygen atoms in total. The lowest BCUT2D eigenvalue weighted by Gasteiger charge is -2.29. The minimum Gasteiger partial charge on any atom is -0.474 e. The van der Waals surface area contributed by atoms with Gasteiger partial charge in [0.05, 0.1) is 5.02 Å². The van der Waals surface area contributed by atoms with Gasteiger partial charge in [0.15, 0.2) is 0 Å². The van der Waals surface area contributed by atoms with Gasteiger partial charge < -0.3 is 14.8 Å². The second-order valence-corrected chi connectivity index (χ2v) is 5.55. The summed E-state index contributed by atoms with van der Waals surface area (Å²) in [5, 5.41) is 3.59. The van der Waals surface area contributed by atoms with E-state index < -0.39 is 0 Å². The van der Waals surface area contributed by atoms with E-state index in [-0.39, 0.29) is 24.7 Å². The van der Waals surface area contributed by atoms with E-state index in [1.165, 1.54) is 0 Å². The zero-order valence-electron chi connectivity index (χ0n) is 12.2. The molecule has 1 heterocycles. The summed E-state index contributed by atoms with van der Waals surface area (Å²) < 4.78 is 10.9. The molecule has 116 valence electrons. The van der Waals surface area contributed by atoms with Crippen LogP contribution in [0.3, 0.4) is 0 Å². The number of halogens is 1. The van der Waals surface area contributed by atoms with E-state index in [1.54, 1.807) is 18.3 Å². The smallest absolute Gasteiger partial charge is 0.246 e. The van der Waals surface area contributed by atoms with Crippen LogP contribution in [0.5, 0.6) is 5.88 Å². The first-order valence-electron chi connectivity index (χ1n) is 7.32. The van der Waals surface area contributed by atoms with Crippen LogP contribution in [-0.4, -0.2) is 36.3 Å². The molecule has 0 radical (unpaired) electrons. The van der Waals surface area contributed by atoms with Crippen LogP contribution in [0.25, 0.3) is 0 Å². The van der Waals surface area contributed by atoms with Crippen molar-refractivity contribution < 1.29 is 14.3 Å². The molecule has 0 saturated heterocycles. The SMILES string of the molecule is CCOCC(=O)NC1CCC(Oc2ccc(Cl)cn2)CC1. The molecule has 2 rings (SSSR count). The molecule has 1 fully saturated rings. The van der Waals surface area contributed by atoms with Gasteiger partial charge in [0.1, 0.15) is 12.7 Å². The van der Waals surface area contributed by atoms with Crippen molar-refractivity contribution in [2.75, 3.05) is 13.2 Å². The predicted octanol–water partition coefficient (Wildman–Crippen LogP) is 2.58. The highest BCUT2D eigenvalue weighted by molar-refractivity contribution is 6.30. The lowest BCUT2D eigenvalue weighted by molar-refractivity contribution is -0.126. The summed E-state index contributed by atoms with van der Waals surface area (Å²) in [4.78, 5) is 15.7. The Bertz CT molecular complexity index is 445. The van der Waals surface area contributed by atoms with Crippen LogP contribution >= 0.6 is 11.6 Å².